The molecular weight excluding hydrogens is 190 g/mol. The molecule has 1 aliphatic heterocycles. The molecule has 1 nitrogen and oxygen atoms in total. The molecule has 0 aromatic carbocycles. The molecular formula is C12H19NS. The van der Waals surface area contributed by atoms with Gasteiger partial charge in [-0.3, -0.25) is 0 Å². The Morgan fingerprint density at radius 1 is 1.50 bits per heavy atom. The minimum Gasteiger partial charge on any atom is -0.316 e. The number of nitrogens with one attached hydrogen (secondary N) is 1. The van der Waals surface area contributed by atoms with Crippen LogP contribution in [0, 0.1) is 5.92 Å². The monoisotopic (exact) mass is 209 g/mol. The fourth-order valence-electron chi connectivity index (χ4n) is 2.22. The van der Waals surface area contributed by atoms with E-state index in [0.717, 1.165) is 11.8 Å². The van der Waals surface area contributed by atoms with Crippen LogP contribution < -0.4 is 5.32 Å². The summed E-state index contributed by atoms with van der Waals surface area (Å²) in [6.07, 6.45) is 2.49. The van der Waals surface area contributed by atoms with Crippen molar-refractivity contribution in [3.8, 4) is 0 Å². The maximum Gasteiger partial charge on any atom is 0.00827 e. The second kappa shape index (κ2) is 4.45. The normalized spacial score (nSPS) is 27.9. The van der Waals surface area contributed by atoms with E-state index in [1.165, 1.54) is 30.8 Å². The van der Waals surface area contributed by atoms with Crippen molar-refractivity contribution in [1.82, 2.24) is 5.32 Å². The molecule has 2 atom stereocenters. The minimum atomic E-state index is 0.798. The van der Waals surface area contributed by atoms with Gasteiger partial charge in [-0.1, -0.05) is 13.8 Å². The molecule has 1 aliphatic rings. The molecule has 1 fully saturated rings. The standard InChI is InChI=1S/C12H19NS/c1-3-10-4-5-12(14-10)11-6-7-13-8-9(11)2/h4-5,9,11,13H,3,6-8H2,1-2H3. The first-order chi connectivity index (χ1) is 6.81. The predicted octanol–water partition coefficient (Wildman–Crippen LogP) is 3.02. The van der Waals surface area contributed by atoms with Gasteiger partial charge in [0.1, 0.15) is 0 Å². The Kier molecular flexibility index (Phi) is 3.24. The summed E-state index contributed by atoms with van der Waals surface area (Å²) < 4.78 is 0. The Bertz CT molecular complexity index is 292. The first kappa shape index (κ1) is 10.2. The maximum absolute atomic E-state index is 3.46. The lowest BCUT2D eigenvalue weighted by molar-refractivity contribution is 0.353. The van der Waals surface area contributed by atoms with Gasteiger partial charge in [-0.15, -0.1) is 11.3 Å². The van der Waals surface area contributed by atoms with E-state index >= 15 is 0 Å². The zero-order valence-electron chi connectivity index (χ0n) is 9.05. The Balaban J connectivity index is 2.12. The Morgan fingerprint density at radius 2 is 2.36 bits per heavy atom. The fraction of sp³-hybridized carbons (Fsp3) is 0.667. The smallest absolute Gasteiger partial charge is 0.00827 e. The van der Waals surface area contributed by atoms with Crippen LogP contribution in [0.1, 0.15) is 35.9 Å². The van der Waals surface area contributed by atoms with Crippen molar-refractivity contribution in [2.45, 2.75) is 32.6 Å². The van der Waals surface area contributed by atoms with Crippen molar-refractivity contribution in [2.75, 3.05) is 13.1 Å². The highest BCUT2D eigenvalue weighted by atomic mass is 32.1. The van der Waals surface area contributed by atoms with Crippen LogP contribution in [0.5, 0.6) is 0 Å². The molecule has 2 heteroatoms. The van der Waals surface area contributed by atoms with E-state index in [9.17, 15) is 0 Å². The van der Waals surface area contributed by atoms with Crippen LogP contribution in [0.25, 0.3) is 0 Å². The summed E-state index contributed by atoms with van der Waals surface area (Å²) in [4.78, 5) is 3.14. The highest BCUT2D eigenvalue weighted by Crippen LogP contribution is 2.34. The minimum absolute atomic E-state index is 0.798. The van der Waals surface area contributed by atoms with Gasteiger partial charge in [0, 0.05) is 9.75 Å². The third kappa shape index (κ3) is 2.01. The van der Waals surface area contributed by atoms with Crippen LogP contribution in [0.4, 0.5) is 0 Å². The zero-order chi connectivity index (χ0) is 9.97. The topological polar surface area (TPSA) is 12.0 Å². The number of piperidine rings is 1. The summed E-state index contributed by atoms with van der Waals surface area (Å²) in [5, 5.41) is 3.46. The van der Waals surface area contributed by atoms with Gasteiger partial charge in [-0.05, 0) is 49.9 Å². The van der Waals surface area contributed by atoms with Gasteiger partial charge in [0.2, 0.25) is 0 Å². The van der Waals surface area contributed by atoms with Crippen LogP contribution in [0.2, 0.25) is 0 Å². The third-order valence-electron chi connectivity index (χ3n) is 3.18. The number of hydrogen-bond acceptors (Lipinski definition) is 2. The second-order valence-corrected chi connectivity index (χ2v) is 5.43. The Labute approximate surface area is 90.5 Å². The van der Waals surface area contributed by atoms with Crippen LogP contribution in [0.3, 0.4) is 0 Å². The van der Waals surface area contributed by atoms with Gasteiger partial charge in [0.05, 0.1) is 0 Å². The number of rotatable bonds is 2. The molecule has 14 heavy (non-hydrogen) atoms. The highest BCUT2D eigenvalue weighted by molar-refractivity contribution is 7.12. The summed E-state index contributed by atoms with van der Waals surface area (Å²) in [6.45, 7) is 6.97. The number of thiophene rings is 1. The molecule has 0 amide bonds. The molecule has 2 heterocycles. The van der Waals surface area contributed by atoms with Crippen molar-refractivity contribution in [3.63, 3.8) is 0 Å². The summed E-state index contributed by atoms with van der Waals surface area (Å²) in [7, 11) is 0. The van der Waals surface area contributed by atoms with E-state index < -0.39 is 0 Å². The molecule has 0 spiro atoms. The largest absolute Gasteiger partial charge is 0.316 e. The van der Waals surface area contributed by atoms with Crippen molar-refractivity contribution in [2.24, 2.45) is 5.92 Å². The average Bonchev–Trinajstić information content (AvgIpc) is 2.67. The molecule has 1 aromatic rings. The van der Waals surface area contributed by atoms with Gasteiger partial charge >= 0.3 is 0 Å². The molecule has 0 bridgehead atoms. The highest BCUT2D eigenvalue weighted by Gasteiger charge is 2.23. The van der Waals surface area contributed by atoms with E-state index in [1.54, 1.807) is 4.88 Å². The van der Waals surface area contributed by atoms with Crippen molar-refractivity contribution in [3.05, 3.63) is 21.9 Å². The van der Waals surface area contributed by atoms with Gasteiger partial charge in [-0.2, -0.15) is 0 Å². The second-order valence-electron chi connectivity index (χ2n) is 4.23. The van der Waals surface area contributed by atoms with Gasteiger partial charge in [0.25, 0.3) is 0 Å². The molecule has 0 aliphatic carbocycles. The number of hydrogen-bond donors (Lipinski definition) is 1. The lowest BCUT2D eigenvalue weighted by atomic mass is 9.87. The van der Waals surface area contributed by atoms with Crippen molar-refractivity contribution < 1.29 is 0 Å². The summed E-state index contributed by atoms with van der Waals surface area (Å²) in [6, 6.07) is 4.64. The molecule has 2 rings (SSSR count). The molecule has 1 aromatic heterocycles. The van der Waals surface area contributed by atoms with Gasteiger partial charge in [-0.25, -0.2) is 0 Å². The van der Waals surface area contributed by atoms with Gasteiger partial charge < -0.3 is 5.32 Å². The molecule has 0 radical (unpaired) electrons. The van der Waals surface area contributed by atoms with Crippen LogP contribution in [-0.2, 0) is 6.42 Å². The molecule has 0 saturated carbocycles. The summed E-state index contributed by atoms with van der Waals surface area (Å²) in [5.41, 5.74) is 0. The number of aryl methyl sites for hydroxylation is 1. The Hall–Kier alpha value is -0.340. The van der Waals surface area contributed by atoms with Crippen LogP contribution in [-0.4, -0.2) is 13.1 Å². The quantitative estimate of drug-likeness (QED) is 0.789. The lowest BCUT2D eigenvalue weighted by Gasteiger charge is -2.28. The molecule has 78 valence electrons. The summed E-state index contributed by atoms with van der Waals surface area (Å²) in [5.74, 6) is 1.61. The van der Waals surface area contributed by atoms with E-state index in [4.69, 9.17) is 0 Å². The van der Waals surface area contributed by atoms with E-state index in [2.05, 4.69) is 31.3 Å². The van der Waals surface area contributed by atoms with E-state index in [0.29, 0.717) is 0 Å². The van der Waals surface area contributed by atoms with Crippen molar-refractivity contribution >= 4 is 11.3 Å². The third-order valence-corrected chi connectivity index (χ3v) is 4.54. The summed E-state index contributed by atoms with van der Waals surface area (Å²) >= 11 is 2.02. The first-order valence-corrected chi connectivity index (χ1v) is 6.42. The lowest BCUT2D eigenvalue weighted by Crippen LogP contribution is -2.33. The average molecular weight is 209 g/mol. The molecule has 2 unspecified atom stereocenters. The first-order valence-electron chi connectivity index (χ1n) is 5.60. The van der Waals surface area contributed by atoms with Crippen molar-refractivity contribution in [1.29, 1.82) is 0 Å². The Morgan fingerprint density at radius 3 is 3.00 bits per heavy atom. The van der Waals surface area contributed by atoms with Crippen LogP contribution in [0.15, 0.2) is 12.1 Å². The fourth-order valence-corrected chi connectivity index (χ4v) is 3.44. The van der Waals surface area contributed by atoms with E-state index in [1.807, 2.05) is 11.3 Å². The van der Waals surface area contributed by atoms with E-state index in [-0.39, 0.29) is 0 Å². The molecule has 1 saturated heterocycles. The van der Waals surface area contributed by atoms with Crippen LogP contribution >= 0.6 is 11.3 Å². The maximum atomic E-state index is 3.46. The SMILES string of the molecule is CCc1ccc(C2CCNCC2C)s1. The predicted molar refractivity (Wildman–Crippen MR) is 63.1 cm³/mol. The van der Waals surface area contributed by atoms with Gasteiger partial charge in [0.15, 0.2) is 0 Å². The zero-order valence-corrected chi connectivity index (χ0v) is 9.86. The molecule has 1 N–H and O–H groups in total.